The van der Waals surface area contributed by atoms with Crippen LogP contribution in [0, 0.1) is 11.3 Å². The summed E-state index contributed by atoms with van der Waals surface area (Å²) in [5.41, 5.74) is 16.5. The van der Waals surface area contributed by atoms with E-state index in [9.17, 15) is 4.79 Å². The molecule has 0 aliphatic rings. The third-order valence-corrected chi connectivity index (χ3v) is 3.20. The van der Waals surface area contributed by atoms with Crippen molar-refractivity contribution in [2.45, 2.75) is 51.6 Å². The van der Waals surface area contributed by atoms with Gasteiger partial charge in [0.25, 0.3) is 0 Å². The van der Waals surface area contributed by atoms with E-state index in [1.165, 1.54) is 0 Å². The van der Waals surface area contributed by atoms with E-state index in [1.54, 1.807) is 0 Å². The molecule has 0 aromatic rings. The van der Waals surface area contributed by atoms with Crippen molar-refractivity contribution in [3.63, 3.8) is 0 Å². The summed E-state index contributed by atoms with van der Waals surface area (Å²) in [5, 5.41) is 9.66. The molecule has 0 aromatic heterocycles. The summed E-state index contributed by atoms with van der Waals surface area (Å²) < 4.78 is 0. The van der Waals surface area contributed by atoms with Crippen molar-refractivity contribution < 1.29 is 4.79 Å². The van der Waals surface area contributed by atoms with Gasteiger partial charge in [-0.15, -0.1) is 0 Å². The van der Waals surface area contributed by atoms with Gasteiger partial charge in [0.15, 0.2) is 5.96 Å². The van der Waals surface area contributed by atoms with Crippen LogP contribution >= 0.6 is 0 Å². The van der Waals surface area contributed by atoms with Crippen molar-refractivity contribution in [1.29, 1.82) is 5.41 Å². The molecule has 2 atom stereocenters. The van der Waals surface area contributed by atoms with Crippen LogP contribution in [0.2, 0.25) is 0 Å². The van der Waals surface area contributed by atoms with Crippen LogP contribution in [0.1, 0.15) is 40.0 Å². The van der Waals surface area contributed by atoms with Gasteiger partial charge in [-0.3, -0.25) is 10.2 Å². The standard InChI is InChI=1S/C12H27N5O/c1-8(12(2,3)16)7-10(18)9(13)5-4-6-17-11(14)15/h8-9H,4-7,13,16H2,1-3H3,(H4,14,15,17)/t8?,9-/m0/s1. The van der Waals surface area contributed by atoms with Crippen LogP contribution in [0.4, 0.5) is 0 Å². The molecule has 0 rings (SSSR count). The molecular formula is C12H27N5O. The lowest BCUT2D eigenvalue weighted by Crippen LogP contribution is -2.42. The predicted molar refractivity (Wildman–Crippen MR) is 74.2 cm³/mol. The highest BCUT2D eigenvalue weighted by Gasteiger charge is 2.25. The first kappa shape index (κ1) is 16.9. The van der Waals surface area contributed by atoms with Crippen LogP contribution in [0.25, 0.3) is 0 Å². The van der Waals surface area contributed by atoms with E-state index >= 15 is 0 Å². The van der Waals surface area contributed by atoms with E-state index in [0.717, 1.165) is 0 Å². The first-order chi connectivity index (χ1) is 8.14. The maximum absolute atomic E-state index is 11.9. The molecule has 0 aliphatic carbocycles. The number of ketones is 1. The number of carbonyl (C=O) groups is 1. The predicted octanol–water partition coefficient (Wildman–Crippen LogP) is -0.0904. The Balaban J connectivity index is 3.93. The van der Waals surface area contributed by atoms with Crippen LogP contribution in [-0.2, 0) is 4.79 Å². The molecule has 0 aromatic carbocycles. The van der Waals surface area contributed by atoms with E-state index in [4.69, 9.17) is 22.6 Å². The molecule has 106 valence electrons. The fraction of sp³-hybridized carbons (Fsp3) is 0.833. The SMILES string of the molecule is CC(CC(=O)[C@@H](N)CCCNC(=N)N)C(C)(C)N. The summed E-state index contributed by atoms with van der Waals surface area (Å²) in [6.07, 6.45) is 1.72. The monoisotopic (exact) mass is 257 g/mol. The summed E-state index contributed by atoms with van der Waals surface area (Å²) in [6, 6.07) is -0.455. The number of hydrogen-bond donors (Lipinski definition) is 5. The van der Waals surface area contributed by atoms with Crippen LogP contribution in [0.3, 0.4) is 0 Å². The average Bonchev–Trinajstić information content (AvgIpc) is 2.22. The van der Waals surface area contributed by atoms with Crippen LogP contribution in [0.5, 0.6) is 0 Å². The highest BCUT2D eigenvalue weighted by molar-refractivity contribution is 5.84. The van der Waals surface area contributed by atoms with Gasteiger partial charge >= 0.3 is 0 Å². The van der Waals surface area contributed by atoms with Crippen molar-refractivity contribution >= 4 is 11.7 Å². The number of nitrogens with two attached hydrogens (primary N) is 3. The Kier molecular flexibility index (Phi) is 6.86. The molecule has 0 fully saturated rings. The van der Waals surface area contributed by atoms with Crippen LogP contribution in [0.15, 0.2) is 0 Å². The van der Waals surface area contributed by atoms with Gasteiger partial charge in [0.1, 0.15) is 5.78 Å². The fourth-order valence-corrected chi connectivity index (χ4v) is 1.42. The maximum atomic E-state index is 11.9. The van der Waals surface area contributed by atoms with Crippen molar-refractivity contribution in [1.82, 2.24) is 5.32 Å². The van der Waals surface area contributed by atoms with Gasteiger partial charge in [0.05, 0.1) is 6.04 Å². The summed E-state index contributed by atoms with van der Waals surface area (Å²) in [4.78, 5) is 11.9. The molecular weight excluding hydrogens is 230 g/mol. The summed E-state index contributed by atoms with van der Waals surface area (Å²) >= 11 is 0. The Bertz CT molecular complexity index is 285. The number of rotatable bonds is 8. The molecule has 8 N–H and O–H groups in total. The van der Waals surface area contributed by atoms with Gasteiger partial charge in [0, 0.05) is 18.5 Å². The second-order valence-electron chi connectivity index (χ2n) is 5.48. The van der Waals surface area contributed by atoms with E-state index < -0.39 is 6.04 Å². The van der Waals surface area contributed by atoms with Gasteiger partial charge < -0.3 is 22.5 Å². The fourth-order valence-electron chi connectivity index (χ4n) is 1.42. The topological polar surface area (TPSA) is 131 Å². The number of Topliss-reactive ketones (excluding diaryl/α,β-unsaturated/α-hetero) is 1. The van der Waals surface area contributed by atoms with Crippen molar-refractivity contribution in [2.75, 3.05) is 6.54 Å². The minimum atomic E-state index is -0.455. The third kappa shape index (κ3) is 7.24. The van der Waals surface area contributed by atoms with E-state index in [1.807, 2.05) is 20.8 Å². The average molecular weight is 257 g/mol. The van der Waals surface area contributed by atoms with Crippen molar-refractivity contribution in [3.05, 3.63) is 0 Å². The lowest BCUT2D eigenvalue weighted by Gasteiger charge is -2.27. The Morgan fingerprint density at radius 1 is 1.44 bits per heavy atom. The molecule has 0 saturated heterocycles. The molecule has 0 bridgehead atoms. The van der Waals surface area contributed by atoms with E-state index in [-0.39, 0.29) is 23.2 Å². The molecule has 0 aliphatic heterocycles. The first-order valence-corrected chi connectivity index (χ1v) is 6.29. The molecule has 18 heavy (non-hydrogen) atoms. The van der Waals surface area contributed by atoms with Crippen molar-refractivity contribution in [2.24, 2.45) is 23.1 Å². The second-order valence-corrected chi connectivity index (χ2v) is 5.48. The smallest absolute Gasteiger partial charge is 0.185 e. The third-order valence-electron chi connectivity index (χ3n) is 3.20. The number of guanidine groups is 1. The Labute approximate surface area is 109 Å². The molecule has 0 radical (unpaired) electrons. The van der Waals surface area contributed by atoms with Gasteiger partial charge in [0.2, 0.25) is 0 Å². The molecule has 0 heterocycles. The molecule has 1 unspecified atom stereocenters. The molecule has 0 amide bonds. The quantitative estimate of drug-likeness (QED) is 0.235. The van der Waals surface area contributed by atoms with Gasteiger partial charge in [-0.05, 0) is 32.6 Å². The summed E-state index contributed by atoms with van der Waals surface area (Å²) in [5.74, 6) is 0.0867. The molecule has 6 heteroatoms. The van der Waals surface area contributed by atoms with Crippen molar-refractivity contribution in [3.8, 4) is 0 Å². The van der Waals surface area contributed by atoms with Gasteiger partial charge in [-0.1, -0.05) is 6.92 Å². The van der Waals surface area contributed by atoms with Gasteiger partial charge in [-0.2, -0.15) is 0 Å². The maximum Gasteiger partial charge on any atom is 0.185 e. The molecule has 0 spiro atoms. The van der Waals surface area contributed by atoms with Gasteiger partial charge in [-0.25, -0.2) is 0 Å². The zero-order chi connectivity index (χ0) is 14.3. The summed E-state index contributed by atoms with van der Waals surface area (Å²) in [7, 11) is 0. The summed E-state index contributed by atoms with van der Waals surface area (Å²) in [6.45, 7) is 6.34. The normalized spacial score (nSPS) is 14.9. The lowest BCUT2D eigenvalue weighted by atomic mass is 9.84. The zero-order valence-electron chi connectivity index (χ0n) is 11.6. The van der Waals surface area contributed by atoms with Crippen LogP contribution in [-0.4, -0.2) is 29.9 Å². The van der Waals surface area contributed by atoms with E-state index in [2.05, 4.69) is 5.32 Å². The number of hydrogen-bond acceptors (Lipinski definition) is 4. The highest BCUT2D eigenvalue weighted by Crippen LogP contribution is 2.18. The minimum absolute atomic E-state index is 0.0452. The Morgan fingerprint density at radius 3 is 2.44 bits per heavy atom. The molecule has 0 saturated carbocycles. The zero-order valence-corrected chi connectivity index (χ0v) is 11.6. The highest BCUT2D eigenvalue weighted by atomic mass is 16.1. The lowest BCUT2D eigenvalue weighted by molar-refractivity contribution is -0.121. The number of nitrogens with one attached hydrogen (secondary N) is 2. The second kappa shape index (κ2) is 7.33. The van der Waals surface area contributed by atoms with Crippen LogP contribution < -0.4 is 22.5 Å². The molecule has 6 nitrogen and oxygen atoms in total. The Hall–Kier alpha value is -1.14. The minimum Gasteiger partial charge on any atom is -0.370 e. The Morgan fingerprint density at radius 2 is 2.00 bits per heavy atom. The number of carbonyl (C=O) groups excluding carboxylic acids is 1. The first-order valence-electron chi connectivity index (χ1n) is 6.29. The van der Waals surface area contributed by atoms with E-state index in [0.29, 0.717) is 25.8 Å². The largest absolute Gasteiger partial charge is 0.370 e.